The van der Waals surface area contributed by atoms with E-state index in [1.165, 1.54) is 6.33 Å². The van der Waals surface area contributed by atoms with Gasteiger partial charge in [0.25, 0.3) is 11.8 Å². The summed E-state index contributed by atoms with van der Waals surface area (Å²) in [5.74, 6) is 0.392. The number of rotatable bonds is 5. The average Bonchev–Trinajstić information content (AvgIpc) is 3.41. The highest BCUT2D eigenvalue weighted by molar-refractivity contribution is 5.96. The molecule has 198 valence electrons. The van der Waals surface area contributed by atoms with Gasteiger partial charge in [-0.1, -0.05) is 30.3 Å². The van der Waals surface area contributed by atoms with E-state index in [9.17, 15) is 9.59 Å². The molecular formula is C29H30N8O2. The van der Waals surface area contributed by atoms with Crippen LogP contribution in [0.5, 0.6) is 0 Å². The van der Waals surface area contributed by atoms with Crippen LogP contribution in [0.4, 0.5) is 17.2 Å². The van der Waals surface area contributed by atoms with Crippen LogP contribution in [-0.4, -0.2) is 45.7 Å². The van der Waals surface area contributed by atoms with Gasteiger partial charge < -0.3 is 21.7 Å². The molecule has 0 unspecified atom stereocenters. The van der Waals surface area contributed by atoms with Crippen LogP contribution in [0.15, 0.2) is 79.3 Å². The molecule has 2 heterocycles. The van der Waals surface area contributed by atoms with Crippen LogP contribution in [-0.2, 0) is 0 Å². The van der Waals surface area contributed by atoms with Gasteiger partial charge in [-0.05, 0) is 61.4 Å². The lowest BCUT2D eigenvalue weighted by molar-refractivity contribution is 0.0955. The molecule has 10 heteroatoms. The number of anilines is 3. The highest BCUT2D eigenvalue weighted by atomic mass is 16.2. The zero-order valence-electron chi connectivity index (χ0n) is 22.2. The number of fused-ring (bicyclic) bond motifs is 1. The van der Waals surface area contributed by atoms with Gasteiger partial charge in [-0.15, -0.1) is 0 Å². The van der Waals surface area contributed by atoms with Crippen molar-refractivity contribution in [3.8, 4) is 5.69 Å². The number of nitrogens with one attached hydrogen (secondary N) is 3. The van der Waals surface area contributed by atoms with E-state index < -0.39 is 0 Å². The molecule has 5 rings (SSSR count). The van der Waals surface area contributed by atoms with Crippen LogP contribution >= 0.6 is 0 Å². The molecule has 5 aromatic rings. The van der Waals surface area contributed by atoms with Gasteiger partial charge in [0, 0.05) is 36.6 Å². The third-order valence-electron chi connectivity index (χ3n) is 6.11. The lowest BCUT2D eigenvalue weighted by atomic mass is 10.1. The van der Waals surface area contributed by atoms with Crippen molar-refractivity contribution in [1.82, 2.24) is 30.4 Å². The maximum Gasteiger partial charge on any atom is 0.251 e. The zero-order chi connectivity index (χ0) is 27.9. The molecule has 0 radical (unpaired) electrons. The Balaban J connectivity index is 0.000000247. The first-order valence-corrected chi connectivity index (χ1v) is 12.2. The lowest BCUT2D eigenvalue weighted by Crippen LogP contribution is -2.17. The number of carbonyl (C=O) groups excluding carboxylic acids is 2. The highest BCUT2D eigenvalue weighted by Gasteiger charge is 2.13. The summed E-state index contributed by atoms with van der Waals surface area (Å²) in [6.07, 6.45) is 3.24. The van der Waals surface area contributed by atoms with Gasteiger partial charge in [-0.3, -0.25) is 9.59 Å². The van der Waals surface area contributed by atoms with Crippen molar-refractivity contribution in [2.24, 2.45) is 0 Å². The van der Waals surface area contributed by atoms with E-state index in [0.717, 1.165) is 27.9 Å². The molecule has 39 heavy (non-hydrogen) atoms. The second kappa shape index (κ2) is 11.9. The Kier molecular flexibility index (Phi) is 8.15. The fourth-order valence-corrected chi connectivity index (χ4v) is 3.80. The van der Waals surface area contributed by atoms with E-state index in [-0.39, 0.29) is 11.8 Å². The Labute approximate surface area is 226 Å². The first-order chi connectivity index (χ1) is 18.8. The predicted octanol–water partition coefficient (Wildman–Crippen LogP) is 4.16. The smallest absolute Gasteiger partial charge is 0.251 e. The number of carbonyl (C=O) groups is 2. The number of aryl methyl sites for hydroxylation is 2. The predicted molar refractivity (Wildman–Crippen MR) is 153 cm³/mol. The fraction of sp³-hybridized carbons (Fsp3) is 0.138. The summed E-state index contributed by atoms with van der Waals surface area (Å²) < 4.78 is 1.77. The third-order valence-corrected chi connectivity index (χ3v) is 6.11. The van der Waals surface area contributed by atoms with Gasteiger partial charge in [0.2, 0.25) is 0 Å². The van der Waals surface area contributed by atoms with Crippen molar-refractivity contribution >= 4 is 40.0 Å². The Morgan fingerprint density at radius 1 is 0.821 bits per heavy atom. The van der Waals surface area contributed by atoms with Crippen molar-refractivity contribution < 1.29 is 9.59 Å². The quantitative estimate of drug-likeness (QED) is 0.254. The standard InChI is InChI=1S/C20H18N6O.C9H12N2O/c1-13-8-9-14(20(27)21-2)10-17(13)25-18-16-11-24-26(19(16)23-12-22-18)15-6-4-3-5-7-15;1-6-3-4-7(5-8(6)10)9(12)11-2/h3-12H,1-2H3,(H,21,27)(H,22,23,25);3-5H,10H2,1-2H3,(H,11,12). The highest BCUT2D eigenvalue weighted by Crippen LogP contribution is 2.27. The number of benzene rings is 3. The minimum Gasteiger partial charge on any atom is -0.398 e. The molecule has 5 N–H and O–H groups in total. The van der Waals surface area contributed by atoms with Crippen LogP contribution in [0, 0.1) is 13.8 Å². The molecule has 0 aliphatic heterocycles. The van der Waals surface area contributed by atoms with Gasteiger partial charge in [0.15, 0.2) is 5.65 Å². The number of nitrogens with zero attached hydrogens (tertiary/aromatic N) is 4. The van der Waals surface area contributed by atoms with E-state index >= 15 is 0 Å². The summed E-state index contributed by atoms with van der Waals surface area (Å²) in [6, 6.07) is 20.6. The second-order valence-corrected chi connectivity index (χ2v) is 8.74. The first kappa shape index (κ1) is 26.8. The third kappa shape index (κ3) is 6.02. The minimum absolute atomic E-state index is 0.110. The van der Waals surface area contributed by atoms with E-state index in [1.54, 1.807) is 43.2 Å². The number of hydrogen-bond donors (Lipinski definition) is 4. The van der Waals surface area contributed by atoms with Crippen molar-refractivity contribution in [3.05, 3.63) is 102 Å². The van der Waals surface area contributed by atoms with E-state index in [2.05, 4.69) is 31.0 Å². The molecule has 0 atom stereocenters. The minimum atomic E-state index is -0.136. The molecule has 0 aliphatic carbocycles. The van der Waals surface area contributed by atoms with E-state index in [1.807, 2.05) is 62.4 Å². The Bertz CT molecular complexity index is 1630. The molecule has 0 saturated heterocycles. The molecule has 0 aliphatic rings. The molecule has 2 amide bonds. The van der Waals surface area contributed by atoms with Crippen molar-refractivity contribution in [2.45, 2.75) is 13.8 Å². The Morgan fingerprint density at radius 3 is 2.10 bits per heavy atom. The zero-order valence-corrected chi connectivity index (χ0v) is 22.2. The number of nitrogen functional groups attached to an aromatic ring is 1. The summed E-state index contributed by atoms with van der Waals surface area (Å²) in [5, 5.41) is 13.7. The van der Waals surface area contributed by atoms with Gasteiger partial charge in [-0.2, -0.15) is 5.10 Å². The van der Waals surface area contributed by atoms with Gasteiger partial charge in [0.1, 0.15) is 12.1 Å². The summed E-state index contributed by atoms with van der Waals surface area (Å²) in [6.45, 7) is 3.88. The topological polar surface area (TPSA) is 140 Å². The van der Waals surface area contributed by atoms with Crippen molar-refractivity contribution in [1.29, 1.82) is 0 Å². The number of hydrogen-bond acceptors (Lipinski definition) is 7. The largest absolute Gasteiger partial charge is 0.398 e. The number of para-hydroxylation sites is 1. The van der Waals surface area contributed by atoms with Crippen molar-refractivity contribution in [3.63, 3.8) is 0 Å². The van der Waals surface area contributed by atoms with Gasteiger partial charge in [-0.25, -0.2) is 14.6 Å². The summed E-state index contributed by atoms with van der Waals surface area (Å²) in [4.78, 5) is 31.8. The van der Waals surface area contributed by atoms with E-state index in [0.29, 0.717) is 28.3 Å². The van der Waals surface area contributed by atoms with Crippen molar-refractivity contribution in [2.75, 3.05) is 25.1 Å². The molecule has 2 aromatic heterocycles. The first-order valence-electron chi connectivity index (χ1n) is 12.2. The summed E-state index contributed by atoms with van der Waals surface area (Å²) >= 11 is 0. The molecule has 0 saturated carbocycles. The Hall–Kier alpha value is -5.25. The molecule has 0 bridgehead atoms. The van der Waals surface area contributed by atoms with Gasteiger partial charge in [0.05, 0.1) is 17.3 Å². The molecule has 3 aromatic carbocycles. The number of amides is 2. The maximum absolute atomic E-state index is 11.9. The summed E-state index contributed by atoms with van der Waals surface area (Å²) in [5.41, 5.74) is 11.9. The average molecular weight is 523 g/mol. The van der Waals surface area contributed by atoms with E-state index in [4.69, 9.17) is 5.73 Å². The van der Waals surface area contributed by atoms with Gasteiger partial charge >= 0.3 is 0 Å². The molecule has 0 fully saturated rings. The monoisotopic (exact) mass is 522 g/mol. The second-order valence-electron chi connectivity index (χ2n) is 8.74. The lowest BCUT2D eigenvalue weighted by Gasteiger charge is -2.11. The molecule has 10 nitrogen and oxygen atoms in total. The van der Waals surface area contributed by atoms with Crippen LogP contribution < -0.4 is 21.7 Å². The Morgan fingerprint density at radius 2 is 1.46 bits per heavy atom. The molecule has 0 spiro atoms. The normalized spacial score (nSPS) is 10.4. The van der Waals surface area contributed by atoms with Crippen LogP contribution in [0.2, 0.25) is 0 Å². The van der Waals surface area contributed by atoms with Crippen LogP contribution in [0.25, 0.3) is 16.7 Å². The SMILES string of the molecule is CNC(=O)c1ccc(C)c(N)c1.CNC(=O)c1ccc(C)c(Nc2ncnc3c2cnn3-c2ccccc2)c1. The number of nitrogens with two attached hydrogens (primary N) is 1. The fourth-order valence-electron chi connectivity index (χ4n) is 3.80. The molecular weight excluding hydrogens is 492 g/mol. The number of aromatic nitrogens is 4. The van der Waals surface area contributed by atoms with Crippen LogP contribution in [0.1, 0.15) is 31.8 Å². The van der Waals surface area contributed by atoms with Crippen LogP contribution in [0.3, 0.4) is 0 Å². The summed E-state index contributed by atoms with van der Waals surface area (Å²) in [7, 11) is 3.21. The maximum atomic E-state index is 11.9.